The van der Waals surface area contributed by atoms with Gasteiger partial charge in [0.1, 0.15) is 0 Å². The van der Waals surface area contributed by atoms with E-state index >= 15 is 0 Å². The smallest absolute Gasteiger partial charge is 0.241 e. The Morgan fingerprint density at radius 1 is 1.10 bits per heavy atom. The molecule has 0 N–H and O–H groups in total. The highest BCUT2D eigenvalue weighted by Gasteiger charge is 2.22. The van der Waals surface area contributed by atoms with E-state index in [0.29, 0.717) is 42.1 Å². The van der Waals surface area contributed by atoms with E-state index in [2.05, 4.69) is 15.0 Å². The fourth-order valence-electron chi connectivity index (χ4n) is 3.37. The van der Waals surface area contributed by atoms with Crippen LogP contribution in [-0.2, 0) is 11.3 Å². The summed E-state index contributed by atoms with van der Waals surface area (Å²) in [6.45, 7) is 5.63. The first-order valence-corrected chi connectivity index (χ1v) is 11.2. The lowest BCUT2D eigenvalue weighted by Crippen LogP contribution is -2.48. The number of thioether (sulfide) groups is 1. The number of carbonyl (C=O) groups is 1. The summed E-state index contributed by atoms with van der Waals surface area (Å²) in [6.07, 6.45) is 0. The summed E-state index contributed by atoms with van der Waals surface area (Å²) in [5, 5.41) is 4.83. The van der Waals surface area contributed by atoms with E-state index in [1.807, 2.05) is 60.4 Å². The standard InChI is InChI=1S/C22H23ClN4O2S/c1-16-4-2-3-5-19(16)22-24-20(29-25-22)14-26-10-12-27(13-11-26)21(28)15-30-18-8-6-17(23)7-9-18/h2-9H,10-15H2,1H3. The van der Waals surface area contributed by atoms with Gasteiger partial charge in [-0.3, -0.25) is 9.69 Å². The van der Waals surface area contributed by atoms with Crippen molar-refractivity contribution in [1.29, 1.82) is 0 Å². The van der Waals surface area contributed by atoms with Gasteiger partial charge >= 0.3 is 0 Å². The largest absolute Gasteiger partial charge is 0.339 e. The van der Waals surface area contributed by atoms with Crippen molar-refractivity contribution in [1.82, 2.24) is 19.9 Å². The minimum atomic E-state index is 0.161. The van der Waals surface area contributed by atoms with Crippen molar-refractivity contribution in [2.24, 2.45) is 0 Å². The molecule has 2 heterocycles. The molecule has 1 aromatic heterocycles. The van der Waals surface area contributed by atoms with E-state index < -0.39 is 0 Å². The molecule has 8 heteroatoms. The number of carbonyl (C=O) groups excluding carboxylic acids is 1. The van der Waals surface area contributed by atoms with Crippen LogP contribution in [0.5, 0.6) is 0 Å². The summed E-state index contributed by atoms with van der Waals surface area (Å²) in [4.78, 5) is 22.3. The first-order valence-electron chi connectivity index (χ1n) is 9.85. The van der Waals surface area contributed by atoms with Gasteiger partial charge in [-0.15, -0.1) is 11.8 Å². The number of halogens is 1. The average Bonchev–Trinajstić information content (AvgIpc) is 3.22. The van der Waals surface area contributed by atoms with Crippen molar-refractivity contribution in [2.75, 3.05) is 31.9 Å². The number of hydrogen-bond acceptors (Lipinski definition) is 6. The molecule has 156 valence electrons. The number of aryl methyl sites for hydroxylation is 1. The highest BCUT2D eigenvalue weighted by Crippen LogP contribution is 2.22. The monoisotopic (exact) mass is 442 g/mol. The number of benzene rings is 2. The van der Waals surface area contributed by atoms with Gasteiger partial charge in [0.05, 0.1) is 12.3 Å². The van der Waals surface area contributed by atoms with Crippen molar-refractivity contribution < 1.29 is 9.32 Å². The Hall–Kier alpha value is -2.35. The lowest BCUT2D eigenvalue weighted by Gasteiger charge is -2.33. The third-order valence-electron chi connectivity index (χ3n) is 5.11. The number of piperazine rings is 1. The van der Waals surface area contributed by atoms with Gasteiger partial charge in [0.25, 0.3) is 0 Å². The molecule has 3 aromatic rings. The summed E-state index contributed by atoms with van der Waals surface area (Å²) in [5.74, 6) is 1.82. The van der Waals surface area contributed by atoms with E-state index in [-0.39, 0.29) is 5.91 Å². The molecule has 1 saturated heterocycles. The third-order valence-corrected chi connectivity index (χ3v) is 6.36. The van der Waals surface area contributed by atoms with E-state index in [0.717, 1.165) is 29.1 Å². The molecule has 0 aliphatic carbocycles. The molecule has 2 aromatic carbocycles. The second-order valence-electron chi connectivity index (χ2n) is 7.23. The predicted octanol–water partition coefficient (Wildman–Crippen LogP) is 4.13. The first kappa shape index (κ1) is 20.9. The zero-order chi connectivity index (χ0) is 20.9. The molecule has 0 unspecified atom stereocenters. The van der Waals surface area contributed by atoms with Gasteiger partial charge in [-0.25, -0.2) is 0 Å². The second kappa shape index (κ2) is 9.64. The molecule has 0 radical (unpaired) electrons. The molecule has 0 atom stereocenters. The summed E-state index contributed by atoms with van der Waals surface area (Å²) in [6, 6.07) is 15.6. The molecule has 1 aliphatic rings. The molecule has 0 saturated carbocycles. The highest BCUT2D eigenvalue weighted by atomic mass is 35.5. The van der Waals surface area contributed by atoms with Gasteiger partial charge in [-0.05, 0) is 36.8 Å². The second-order valence-corrected chi connectivity index (χ2v) is 8.71. The minimum absolute atomic E-state index is 0.161. The van der Waals surface area contributed by atoms with Gasteiger partial charge in [0, 0.05) is 41.7 Å². The fraction of sp³-hybridized carbons (Fsp3) is 0.318. The summed E-state index contributed by atoms with van der Waals surface area (Å²) < 4.78 is 5.45. The molecule has 30 heavy (non-hydrogen) atoms. The van der Waals surface area contributed by atoms with Crippen molar-refractivity contribution >= 4 is 29.3 Å². The molecule has 6 nitrogen and oxygen atoms in total. The van der Waals surface area contributed by atoms with Gasteiger partial charge < -0.3 is 9.42 Å². The van der Waals surface area contributed by atoms with E-state index in [1.165, 1.54) is 11.8 Å². The van der Waals surface area contributed by atoms with Crippen LogP contribution in [0.3, 0.4) is 0 Å². The zero-order valence-electron chi connectivity index (χ0n) is 16.8. The Morgan fingerprint density at radius 3 is 2.57 bits per heavy atom. The van der Waals surface area contributed by atoms with Crippen LogP contribution < -0.4 is 0 Å². The van der Waals surface area contributed by atoms with Crippen LogP contribution in [0, 0.1) is 6.92 Å². The number of amides is 1. The first-order chi connectivity index (χ1) is 14.6. The maximum absolute atomic E-state index is 12.5. The minimum Gasteiger partial charge on any atom is -0.339 e. The topological polar surface area (TPSA) is 62.5 Å². The lowest BCUT2D eigenvalue weighted by atomic mass is 10.1. The van der Waals surface area contributed by atoms with Gasteiger partial charge in [0.15, 0.2) is 0 Å². The number of nitrogens with zero attached hydrogens (tertiary/aromatic N) is 4. The Balaban J connectivity index is 1.25. The number of rotatable bonds is 6. The molecule has 0 bridgehead atoms. The molecule has 0 spiro atoms. The molecular formula is C22H23ClN4O2S. The van der Waals surface area contributed by atoms with E-state index in [9.17, 15) is 4.79 Å². The number of hydrogen-bond donors (Lipinski definition) is 0. The zero-order valence-corrected chi connectivity index (χ0v) is 18.3. The summed E-state index contributed by atoms with van der Waals surface area (Å²) >= 11 is 7.44. The van der Waals surface area contributed by atoms with E-state index in [1.54, 1.807) is 0 Å². The maximum atomic E-state index is 12.5. The summed E-state index contributed by atoms with van der Waals surface area (Å²) in [5.41, 5.74) is 2.11. The van der Waals surface area contributed by atoms with E-state index in [4.69, 9.17) is 16.1 Å². The van der Waals surface area contributed by atoms with Crippen LogP contribution >= 0.6 is 23.4 Å². The quantitative estimate of drug-likeness (QED) is 0.535. The SMILES string of the molecule is Cc1ccccc1-c1noc(CN2CCN(C(=O)CSc3ccc(Cl)cc3)CC2)n1. The van der Waals surface area contributed by atoms with Crippen LogP contribution in [0.2, 0.25) is 5.02 Å². The van der Waals surface area contributed by atoms with Crippen LogP contribution in [0.4, 0.5) is 0 Å². The van der Waals surface area contributed by atoms with Crippen LogP contribution in [0.15, 0.2) is 57.9 Å². The lowest BCUT2D eigenvalue weighted by molar-refractivity contribution is -0.130. The Kier molecular flexibility index (Phi) is 6.72. The van der Waals surface area contributed by atoms with Gasteiger partial charge in [-0.2, -0.15) is 4.98 Å². The predicted molar refractivity (Wildman–Crippen MR) is 119 cm³/mol. The molecule has 4 rings (SSSR count). The molecule has 1 fully saturated rings. The highest BCUT2D eigenvalue weighted by molar-refractivity contribution is 8.00. The third kappa shape index (κ3) is 5.22. The maximum Gasteiger partial charge on any atom is 0.241 e. The number of aromatic nitrogens is 2. The normalized spacial score (nSPS) is 14.8. The van der Waals surface area contributed by atoms with Crippen LogP contribution in [0.1, 0.15) is 11.5 Å². The summed E-state index contributed by atoms with van der Waals surface area (Å²) in [7, 11) is 0. The van der Waals surface area contributed by atoms with Crippen molar-refractivity contribution in [2.45, 2.75) is 18.4 Å². The molecular weight excluding hydrogens is 420 g/mol. The molecule has 1 aliphatic heterocycles. The fourth-order valence-corrected chi connectivity index (χ4v) is 4.29. The Labute approximate surface area is 185 Å². The molecule has 1 amide bonds. The Bertz CT molecular complexity index is 1000. The van der Waals surface area contributed by atoms with Crippen LogP contribution in [0.25, 0.3) is 11.4 Å². The average molecular weight is 443 g/mol. The van der Waals surface area contributed by atoms with Gasteiger partial charge in [-0.1, -0.05) is 41.0 Å². The van der Waals surface area contributed by atoms with Gasteiger partial charge in [0.2, 0.25) is 17.6 Å². The van der Waals surface area contributed by atoms with Crippen molar-refractivity contribution in [3.63, 3.8) is 0 Å². The van der Waals surface area contributed by atoms with Crippen molar-refractivity contribution in [3.8, 4) is 11.4 Å². The van der Waals surface area contributed by atoms with Crippen LogP contribution in [-0.4, -0.2) is 57.8 Å². The Morgan fingerprint density at radius 2 is 1.83 bits per heavy atom. The van der Waals surface area contributed by atoms with Crippen molar-refractivity contribution in [3.05, 3.63) is 65.0 Å².